The van der Waals surface area contributed by atoms with Crippen molar-refractivity contribution in [3.8, 4) is 0 Å². The van der Waals surface area contributed by atoms with Crippen LogP contribution in [0.2, 0.25) is 0 Å². The summed E-state index contributed by atoms with van der Waals surface area (Å²) < 4.78 is 24.2. The molecule has 0 radical (unpaired) electrons. The second-order valence-electron chi connectivity index (χ2n) is 4.52. The van der Waals surface area contributed by atoms with Gasteiger partial charge in [0, 0.05) is 18.4 Å². The molecule has 0 aliphatic carbocycles. The van der Waals surface area contributed by atoms with Crippen LogP contribution in [0.3, 0.4) is 0 Å². The van der Waals surface area contributed by atoms with E-state index < -0.39 is 10.0 Å². The van der Waals surface area contributed by atoms with Gasteiger partial charge in [-0.3, -0.25) is 4.68 Å². The molecule has 0 atom stereocenters. The summed E-state index contributed by atoms with van der Waals surface area (Å²) in [5, 5.41) is 15.7. The lowest BCUT2D eigenvalue weighted by Gasteiger charge is -2.11. The van der Waals surface area contributed by atoms with Gasteiger partial charge in [0.2, 0.25) is 10.0 Å². The highest BCUT2D eigenvalue weighted by Crippen LogP contribution is 2.12. The number of nitrogens with one attached hydrogen (secondary N) is 2. The number of nitrogens with two attached hydrogens (primary N) is 1. The van der Waals surface area contributed by atoms with E-state index in [0.717, 1.165) is 12.2 Å². The number of anilines is 1. The number of aromatic nitrogens is 2. The van der Waals surface area contributed by atoms with Gasteiger partial charge in [-0.05, 0) is 49.5 Å². The first-order valence-electron chi connectivity index (χ1n) is 6.58. The van der Waals surface area contributed by atoms with E-state index in [1.807, 2.05) is 17.7 Å². The van der Waals surface area contributed by atoms with Crippen LogP contribution in [0.1, 0.15) is 12.6 Å². The van der Waals surface area contributed by atoms with Gasteiger partial charge in [-0.1, -0.05) is 0 Å². The molecule has 0 fully saturated rings. The molecule has 0 saturated carbocycles. The Morgan fingerprint density at radius 1 is 1.32 bits per heavy atom. The highest BCUT2D eigenvalue weighted by atomic mass is 32.2. The maximum atomic E-state index is 11.2. The number of hydrogen-bond donors (Lipinski definition) is 3. The SMILES string of the molecule is CCn1nccc1CNC(=S)Nc1ccc(S(N)(=O)=O)cc1. The number of primary sulfonamides is 1. The third-order valence-electron chi connectivity index (χ3n) is 2.97. The number of thiocarbonyl (C=S) groups is 1. The molecule has 0 spiro atoms. The fraction of sp³-hybridized carbons (Fsp3) is 0.231. The molecule has 0 bridgehead atoms. The van der Waals surface area contributed by atoms with Crippen LogP contribution in [0.4, 0.5) is 5.69 Å². The van der Waals surface area contributed by atoms with Gasteiger partial charge >= 0.3 is 0 Å². The number of rotatable bonds is 5. The van der Waals surface area contributed by atoms with Crippen LogP contribution >= 0.6 is 12.2 Å². The zero-order valence-electron chi connectivity index (χ0n) is 12.0. The van der Waals surface area contributed by atoms with Crippen molar-refractivity contribution in [3.05, 3.63) is 42.2 Å². The van der Waals surface area contributed by atoms with Crippen molar-refractivity contribution in [2.24, 2.45) is 5.14 Å². The van der Waals surface area contributed by atoms with E-state index in [-0.39, 0.29) is 4.90 Å². The molecule has 1 aromatic carbocycles. The molecule has 0 aliphatic heterocycles. The van der Waals surface area contributed by atoms with Crippen LogP contribution in [-0.4, -0.2) is 23.3 Å². The Hall–Kier alpha value is -1.97. The molecule has 4 N–H and O–H groups in total. The Bertz CT molecular complexity index is 753. The zero-order valence-corrected chi connectivity index (χ0v) is 13.6. The third kappa shape index (κ3) is 4.26. The molecule has 22 heavy (non-hydrogen) atoms. The van der Waals surface area contributed by atoms with E-state index >= 15 is 0 Å². The number of aryl methyl sites for hydroxylation is 1. The zero-order chi connectivity index (χ0) is 16.2. The molecule has 2 aromatic rings. The standard InChI is InChI=1S/C13H17N5O2S2/c1-2-18-11(7-8-16-18)9-15-13(21)17-10-3-5-12(6-4-10)22(14,19)20/h3-8H,2,9H2,1H3,(H2,14,19,20)(H2,15,17,21). The molecule has 1 heterocycles. The first-order valence-corrected chi connectivity index (χ1v) is 8.54. The van der Waals surface area contributed by atoms with Gasteiger partial charge in [0.05, 0.1) is 17.1 Å². The molecule has 0 saturated heterocycles. The monoisotopic (exact) mass is 339 g/mol. The van der Waals surface area contributed by atoms with Gasteiger partial charge in [-0.25, -0.2) is 13.6 Å². The minimum atomic E-state index is -3.68. The number of hydrogen-bond acceptors (Lipinski definition) is 4. The fourth-order valence-corrected chi connectivity index (χ4v) is 2.57. The lowest BCUT2D eigenvalue weighted by molar-refractivity contribution is 0.598. The number of nitrogens with zero attached hydrogens (tertiary/aromatic N) is 2. The van der Waals surface area contributed by atoms with Crippen molar-refractivity contribution < 1.29 is 8.42 Å². The third-order valence-corrected chi connectivity index (χ3v) is 4.15. The van der Waals surface area contributed by atoms with Gasteiger partial charge in [0.15, 0.2) is 5.11 Å². The Labute approximate surface area is 134 Å². The Kier molecular flexibility index (Phi) is 5.11. The maximum absolute atomic E-state index is 11.2. The molecular weight excluding hydrogens is 322 g/mol. The number of sulfonamides is 1. The molecule has 0 unspecified atom stereocenters. The molecule has 9 heteroatoms. The van der Waals surface area contributed by atoms with E-state index in [4.69, 9.17) is 17.4 Å². The lowest BCUT2D eigenvalue weighted by atomic mass is 10.3. The molecule has 1 aromatic heterocycles. The highest BCUT2D eigenvalue weighted by molar-refractivity contribution is 7.89. The Morgan fingerprint density at radius 3 is 2.59 bits per heavy atom. The molecule has 0 aliphatic rings. The predicted molar refractivity (Wildman–Crippen MR) is 88.8 cm³/mol. The summed E-state index contributed by atoms with van der Waals surface area (Å²) >= 11 is 5.20. The molecular formula is C13H17N5O2S2. The van der Waals surface area contributed by atoms with Crippen molar-refractivity contribution >= 4 is 33.0 Å². The van der Waals surface area contributed by atoms with E-state index in [1.165, 1.54) is 12.1 Å². The summed E-state index contributed by atoms with van der Waals surface area (Å²) in [4.78, 5) is 0.0591. The predicted octanol–water partition coefficient (Wildman–Crippen LogP) is 1.04. The minimum Gasteiger partial charge on any atom is -0.357 e. The van der Waals surface area contributed by atoms with Gasteiger partial charge < -0.3 is 10.6 Å². The average molecular weight is 339 g/mol. The largest absolute Gasteiger partial charge is 0.357 e. The van der Waals surface area contributed by atoms with Crippen LogP contribution in [0.5, 0.6) is 0 Å². The summed E-state index contributed by atoms with van der Waals surface area (Å²) in [7, 11) is -3.68. The van der Waals surface area contributed by atoms with Crippen LogP contribution < -0.4 is 15.8 Å². The van der Waals surface area contributed by atoms with Crippen molar-refractivity contribution in [1.82, 2.24) is 15.1 Å². The van der Waals surface area contributed by atoms with Crippen LogP contribution in [-0.2, 0) is 23.1 Å². The van der Waals surface area contributed by atoms with Crippen molar-refractivity contribution in [1.29, 1.82) is 0 Å². The number of benzene rings is 1. The van der Waals surface area contributed by atoms with Crippen LogP contribution in [0.15, 0.2) is 41.4 Å². The first kappa shape index (κ1) is 16.4. The summed E-state index contributed by atoms with van der Waals surface area (Å²) in [5.74, 6) is 0. The molecule has 7 nitrogen and oxygen atoms in total. The van der Waals surface area contributed by atoms with Gasteiger partial charge in [0.25, 0.3) is 0 Å². The van der Waals surface area contributed by atoms with Gasteiger partial charge in [0.1, 0.15) is 0 Å². The topological polar surface area (TPSA) is 102 Å². The van der Waals surface area contributed by atoms with Crippen molar-refractivity contribution in [3.63, 3.8) is 0 Å². The first-order chi connectivity index (χ1) is 10.4. The molecule has 0 amide bonds. The summed E-state index contributed by atoms with van der Waals surface area (Å²) in [5.41, 5.74) is 1.70. The second kappa shape index (κ2) is 6.86. The fourth-order valence-electron chi connectivity index (χ4n) is 1.87. The normalized spacial score (nSPS) is 11.2. The molecule has 118 valence electrons. The van der Waals surface area contributed by atoms with Crippen LogP contribution in [0.25, 0.3) is 0 Å². The van der Waals surface area contributed by atoms with Crippen molar-refractivity contribution in [2.75, 3.05) is 5.32 Å². The second-order valence-corrected chi connectivity index (χ2v) is 6.49. The van der Waals surface area contributed by atoms with Crippen molar-refractivity contribution in [2.45, 2.75) is 24.9 Å². The van der Waals surface area contributed by atoms with E-state index in [9.17, 15) is 8.42 Å². The average Bonchev–Trinajstić information content (AvgIpc) is 2.92. The maximum Gasteiger partial charge on any atom is 0.238 e. The van der Waals surface area contributed by atoms with Gasteiger partial charge in [-0.15, -0.1) is 0 Å². The lowest BCUT2D eigenvalue weighted by Crippen LogP contribution is -2.28. The summed E-state index contributed by atoms with van der Waals surface area (Å²) in [6, 6.07) is 7.97. The summed E-state index contributed by atoms with van der Waals surface area (Å²) in [6.45, 7) is 3.36. The van der Waals surface area contributed by atoms with Crippen LogP contribution in [0, 0.1) is 0 Å². The smallest absolute Gasteiger partial charge is 0.238 e. The highest BCUT2D eigenvalue weighted by Gasteiger charge is 2.07. The van der Waals surface area contributed by atoms with E-state index in [1.54, 1.807) is 18.3 Å². The summed E-state index contributed by atoms with van der Waals surface area (Å²) in [6.07, 6.45) is 1.74. The molecule has 2 rings (SSSR count). The Balaban J connectivity index is 1.92. The quantitative estimate of drug-likeness (QED) is 0.704. The van der Waals surface area contributed by atoms with Gasteiger partial charge in [-0.2, -0.15) is 5.10 Å². The van der Waals surface area contributed by atoms with E-state index in [2.05, 4.69) is 15.7 Å². The Morgan fingerprint density at radius 2 is 2.00 bits per heavy atom. The minimum absolute atomic E-state index is 0.0591. The van der Waals surface area contributed by atoms with E-state index in [0.29, 0.717) is 17.3 Å².